The number of carboxylic acid groups (broad SMARTS) is 1. The van der Waals surface area contributed by atoms with E-state index in [-0.39, 0.29) is 6.04 Å². The summed E-state index contributed by atoms with van der Waals surface area (Å²) < 4.78 is 0. The molecule has 12 heavy (non-hydrogen) atoms. The maximum Gasteiger partial charge on any atom is 0.321 e. The third-order valence-electron chi connectivity index (χ3n) is 2.66. The summed E-state index contributed by atoms with van der Waals surface area (Å²) in [6, 6.07) is 0.0843. The molecule has 70 valence electrons. The van der Waals surface area contributed by atoms with Crippen molar-refractivity contribution in [2.75, 3.05) is 6.54 Å². The highest BCUT2D eigenvalue weighted by atomic mass is 16.4. The molecule has 1 saturated heterocycles. The summed E-state index contributed by atoms with van der Waals surface area (Å²) in [5.74, 6) is -0.376. The van der Waals surface area contributed by atoms with Gasteiger partial charge < -0.3 is 5.11 Å². The summed E-state index contributed by atoms with van der Waals surface area (Å²) in [5, 5.41) is 8.96. The van der Waals surface area contributed by atoms with Crippen molar-refractivity contribution in [2.24, 2.45) is 5.92 Å². The van der Waals surface area contributed by atoms with Crippen LogP contribution in [0.5, 0.6) is 0 Å². The highest BCUT2D eigenvalue weighted by Gasteiger charge is 2.37. The second-order valence-electron chi connectivity index (χ2n) is 3.88. The average Bonchev–Trinajstić information content (AvgIpc) is 2.30. The molecule has 1 aliphatic rings. The Kier molecular flexibility index (Phi) is 2.73. The maximum atomic E-state index is 10.9. The monoisotopic (exact) mass is 171 g/mol. The Morgan fingerprint density at radius 2 is 2.17 bits per heavy atom. The Bertz CT molecular complexity index is 179. The summed E-state index contributed by atoms with van der Waals surface area (Å²) in [7, 11) is 0. The molecular formula is C9H17NO2. The van der Waals surface area contributed by atoms with Crippen LogP contribution in [0.3, 0.4) is 0 Å². The van der Waals surface area contributed by atoms with E-state index in [1.165, 1.54) is 0 Å². The molecule has 0 aromatic heterocycles. The quantitative estimate of drug-likeness (QED) is 0.678. The lowest BCUT2D eigenvalue weighted by Gasteiger charge is -2.26. The minimum Gasteiger partial charge on any atom is -0.480 e. The lowest BCUT2D eigenvalue weighted by Crippen LogP contribution is -2.42. The molecule has 3 heteroatoms. The topological polar surface area (TPSA) is 40.5 Å². The van der Waals surface area contributed by atoms with Gasteiger partial charge in [0.2, 0.25) is 0 Å². The molecular weight excluding hydrogens is 154 g/mol. The number of carbonyl (C=O) groups is 1. The fraction of sp³-hybridized carbons (Fsp3) is 0.889. The van der Waals surface area contributed by atoms with Gasteiger partial charge in [0.05, 0.1) is 0 Å². The second-order valence-corrected chi connectivity index (χ2v) is 3.88. The van der Waals surface area contributed by atoms with E-state index in [0.717, 1.165) is 13.0 Å². The smallest absolute Gasteiger partial charge is 0.321 e. The van der Waals surface area contributed by atoms with E-state index in [4.69, 9.17) is 5.11 Å². The van der Waals surface area contributed by atoms with E-state index in [2.05, 4.69) is 4.90 Å². The first-order valence-corrected chi connectivity index (χ1v) is 4.52. The van der Waals surface area contributed by atoms with Crippen LogP contribution in [0.25, 0.3) is 0 Å². The largest absolute Gasteiger partial charge is 0.480 e. The molecule has 0 spiro atoms. The van der Waals surface area contributed by atoms with Gasteiger partial charge in [-0.25, -0.2) is 0 Å². The SMILES string of the molecule is CC(C)N1CC[C@H](C)[C@@H]1C(=O)O. The van der Waals surface area contributed by atoms with Gasteiger partial charge in [0, 0.05) is 6.04 Å². The van der Waals surface area contributed by atoms with Crippen LogP contribution in [0.4, 0.5) is 0 Å². The van der Waals surface area contributed by atoms with Crippen LogP contribution in [0.2, 0.25) is 0 Å². The Hall–Kier alpha value is -0.570. The van der Waals surface area contributed by atoms with Gasteiger partial charge in [-0.1, -0.05) is 6.92 Å². The molecule has 0 amide bonds. The Morgan fingerprint density at radius 1 is 1.58 bits per heavy atom. The van der Waals surface area contributed by atoms with Crippen molar-refractivity contribution >= 4 is 5.97 Å². The lowest BCUT2D eigenvalue weighted by molar-refractivity contribution is -0.143. The molecule has 0 saturated carbocycles. The normalized spacial score (nSPS) is 31.3. The van der Waals surface area contributed by atoms with E-state index < -0.39 is 5.97 Å². The summed E-state index contributed by atoms with van der Waals surface area (Å²) >= 11 is 0. The van der Waals surface area contributed by atoms with E-state index in [9.17, 15) is 4.79 Å². The van der Waals surface area contributed by atoms with Crippen molar-refractivity contribution in [1.82, 2.24) is 4.90 Å². The third-order valence-corrected chi connectivity index (χ3v) is 2.66. The van der Waals surface area contributed by atoms with Gasteiger partial charge in [-0.15, -0.1) is 0 Å². The number of rotatable bonds is 2. The summed E-state index contributed by atoms with van der Waals surface area (Å²) in [5.41, 5.74) is 0. The molecule has 1 N–H and O–H groups in total. The van der Waals surface area contributed by atoms with Gasteiger partial charge in [0.15, 0.2) is 0 Å². The molecule has 1 aliphatic heterocycles. The standard InChI is InChI=1S/C9H17NO2/c1-6(2)10-5-4-7(3)8(10)9(11)12/h6-8H,4-5H2,1-3H3,(H,11,12)/t7-,8+/m0/s1. The fourth-order valence-corrected chi connectivity index (χ4v) is 1.94. The lowest BCUT2D eigenvalue weighted by atomic mass is 10.0. The highest BCUT2D eigenvalue weighted by molar-refractivity contribution is 5.74. The van der Waals surface area contributed by atoms with Crippen molar-refractivity contribution in [3.8, 4) is 0 Å². The summed E-state index contributed by atoms with van der Waals surface area (Å²) in [4.78, 5) is 12.9. The molecule has 1 fully saturated rings. The molecule has 0 aliphatic carbocycles. The van der Waals surface area contributed by atoms with Crippen LogP contribution in [-0.4, -0.2) is 34.6 Å². The van der Waals surface area contributed by atoms with Crippen molar-refractivity contribution in [3.05, 3.63) is 0 Å². The number of nitrogens with zero attached hydrogens (tertiary/aromatic N) is 1. The fourth-order valence-electron chi connectivity index (χ4n) is 1.94. The minimum atomic E-state index is -0.672. The molecule has 3 nitrogen and oxygen atoms in total. The van der Waals surface area contributed by atoms with E-state index in [0.29, 0.717) is 12.0 Å². The molecule has 0 aromatic carbocycles. The molecule has 1 rings (SSSR count). The van der Waals surface area contributed by atoms with Crippen LogP contribution in [0, 0.1) is 5.92 Å². The zero-order chi connectivity index (χ0) is 9.30. The van der Waals surface area contributed by atoms with Crippen LogP contribution in [-0.2, 0) is 4.79 Å². The van der Waals surface area contributed by atoms with Gasteiger partial charge in [-0.05, 0) is 32.7 Å². The molecule has 2 atom stereocenters. The average molecular weight is 171 g/mol. The first-order chi connectivity index (χ1) is 5.54. The van der Waals surface area contributed by atoms with Crippen LogP contribution in [0.1, 0.15) is 27.2 Å². The Balaban J connectivity index is 2.70. The number of likely N-dealkylation sites (tertiary alicyclic amines) is 1. The zero-order valence-electron chi connectivity index (χ0n) is 7.95. The van der Waals surface area contributed by atoms with Crippen LogP contribution >= 0.6 is 0 Å². The van der Waals surface area contributed by atoms with Gasteiger partial charge in [0.1, 0.15) is 6.04 Å². The van der Waals surface area contributed by atoms with Gasteiger partial charge in [0.25, 0.3) is 0 Å². The Labute approximate surface area is 73.4 Å². The van der Waals surface area contributed by atoms with E-state index >= 15 is 0 Å². The first kappa shape index (κ1) is 9.52. The molecule has 0 aromatic rings. The van der Waals surface area contributed by atoms with E-state index in [1.807, 2.05) is 20.8 Å². The molecule has 1 heterocycles. The third kappa shape index (κ3) is 1.61. The van der Waals surface area contributed by atoms with Crippen molar-refractivity contribution in [2.45, 2.75) is 39.3 Å². The molecule has 0 unspecified atom stereocenters. The highest BCUT2D eigenvalue weighted by Crippen LogP contribution is 2.25. The predicted molar refractivity (Wildman–Crippen MR) is 47.0 cm³/mol. The van der Waals surface area contributed by atoms with E-state index in [1.54, 1.807) is 0 Å². The minimum absolute atomic E-state index is 0.259. The number of hydrogen-bond acceptors (Lipinski definition) is 2. The number of aliphatic carboxylic acids is 1. The van der Waals surface area contributed by atoms with Crippen molar-refractivity contribution in [1.29, 1.82) is 0 Å². The number of carboxylic acids is 1. The first-order valence-electron chi connectivity index (χ1n) is 4.52. The number of hydrogen-bond donors (Lipinski definition) is 1. The van der Waals surface area contributed by atoms with Gasteiger partial charge >= 0.3 is 5.97 Å². The van der Waals surface area contributed by atoms with Crippen LogP contribution < -0.4 is 0 Å². The van der Waals surface area contributed by atoms with Gasteiger partial charge in [-0.3, -0.25) is 9.69 Å². The van der Waals surface area contributed by atoms with Crippen LogP contribution in [0.15, 0.2) is 0 Å². The Morgan fingerprint density at radius 3 is 2.50 bits per heavy atom. The predicted octanol–water partition coefficient (Wildman–Crippen LogP) is 1.19. The maximum absolute atomic E-state index is 10.9. The second kappa shape index (κ2) is 3.44. The summed E-state index contributed by atoms with van der Waals surface area (Å²) in [6.07, 6.45) is 1.01. The molecule has 0 radical (unpaired) electrons. The zero-order valence-corrected chi connectivity index (χ0v) is 7.95. The molecule has 0 bridgehead atoms. The summed E-state index contributed by atoms with van der Waals surface area (Å²) in [6.45, 7) is 7.04. The van der Waals surface area contributed by atoms with Gasteiger partial charge in [-0.2, -0.15) is 0 Å². The van der Waals surface area contributed by atoms with Crippen molar-refractivity contribution in [3.63, 3.8) is 0 Å². The van der Waals surface area contributed by atoms with Crippen molar-refractivity contribution < 1.29 is 9.90 Å².